The van der Waals surface area contributed by atoms with Crippen LogP contribution in [0, 0.1) is 0 Å². The molecule has 1 amide bonds. The number of rotatable bonds is 8. The summed E-state index contributed by atoms with van der Waals surface area (Å²) in [6.45, 7) is 4.02. The Morgan fingerprint density at radius 1 is 1.36 bits per heavy atom. The predicted octanol–water partition coefficient (Wildman–Crippen LogP) is 1.77. The van der Waals surface area contributed by atoms with Crippen molar-refractivity contribution in [3.05, 3.63) is 24.3 Å². The second-order valence-electron chi connectivity index (χ2n) is 5.36. The lowest BCUT2D eigenvalue weighted by Gasteiger charge is -2.22. The van der Waals surface area contributed by atoms with E-state index in [0.717, 1.165) is 6.26 Å². The fourth-order valence-electron chi connectivity index (χ4n) is 2.03. The fourth-order valence-corrected chi connectivity index (χ4v) is 2.99. The first-order valence-electron chi connectivity index (χ1n) is 7.15. The van der Waals surface area contributed by atoms with Crippen LogP contribution in [0.5, 0.6) is 5.75 Å². The van der Waals surface area contributed by atoms with Crippen LogP contribution in [-0.4, -0.2) is 40.3 Å². The van der Waals surface area contributed by atoms with Gasteiger partial charge in [-0.25, -0.2) is 8.42 Å². The highest BCUT2D eigenvalue weighted by atomic mass is 32.2. The lowest BCUT2D eigenvalue weighted by Crippen LogP contribution is -2.33. The van der Waals surface area contributed by atoms with Gasteiger partial charge in [0, 0.05) is 25.1 Å². The summed E-state index contributed by atoms with van der Waals surface area (Å²) in [6, 6.07) is 6.93. The largest absolute Gasteiger partial charge is 0.497 e. The number of benzene rings is 1. The molecule has 6 nitrogen and oxygen atoms in total. The van der Waals surface area contributed by atoms with Crippen LogP contribution in [0.1, 0.15) is 26.7 Å². The number of hydrogen-bond acceptors (Lipinski definition) is 4. The summed E-state index contributed by atoms with van der Waals surface area (Å²) in [5.74, 6) is 0.512. The molecule has 0 spiro atoms. The van der Waals surface area contributed by atoms with Crippen LogP contribution in [0.2, 0.25) is 0 Å². The van der Waals surface area contributed by atoms with E-state index in [1.54, 1.807) is 24.3 Å². The smallest absolute Gasteiger partial charge is 0.232 e. The van der Waals surface area contributed by atoms with Crippen LogP contribution in [0.4, 0.5) is 5.69 Å². The Hall–Kier alpha value is -1.76. The van der Waals surface area contributed by atoms with E-state index >= 15 is 0 Å². The van der Waals surface area contributed by atoms with E-state index in [-0.39, 0.29) is 24.9 Å². The van der Waals surface area contributed by atoms with Crippen molar-refractivity contribution in [3.63, 3.8) is 0 Å². The molecule has 1 rings (SSSR count). The number of anilines is 1. The molecule has 0 heterocycles. The number of methoxy groups -OCH3 is 1. The molecule has 0 aromatic heterocycles. The molecule has 7 heteroatoms. The summed E-state index contributed by atoms with van der Waals surface area (Å²) in [7, 11) is -1.89. The second kappa shape index (κ2) is 8.03. The molecule has 0 fully saturated rings. The molecular formula is C15H24N2O4S. The van der Waals surface area contributed by atoms with Crippen LogP contribution in [0.25, 0.3) is 0 Å². The van der Waals surface area contributed by atoms with Crippen LogP contribution in [0.3, 0.4) is 0 Å². The lowest BCUT2D eigenvalue weighted by atomic mass is 10.2. The summed E-state index contributed by atoms with van der Waals surface area (Å²) in [4.78, 5) is 11.6. The zero-order chi connectivity index (χ0) is 16.8. The van der Waals surface area contributed by atoms with Crippen LogP contribution in [0.15, 0.2) is 24.3 Å². The van der Waals surface area contributed by atoms with E-state index < -0.39 is 10.0 Å². The number of amides is 1. The molecular weight excluding hydrogens is 304 g/mol. The number of carbonyl (C=O) groups is 1. The highest BCUT2D eigenvalue weighted by molar-refractivity contribution is 7.92. The van der Waals surface area contributed by atoms with Crippen molar-refractivity contribution < 1.29 is 17.9 Å². The Balaban J connectivity index is 2.76. The topological polar surface area (TPSA) is 75.7 Å². The molecule has 0 unspecified atom stereocenters. The fraction of sp³-hybridized carbons (Fsp3) is 0.533. The number of sulfonamides is 1. The molecule has 0 aliphatic carbocycles. The van der Waals surface area contributed by atoms with Crippen molar-refractivity contribution in [1.29, 1.82) is 0 Å². The highest BCUT2D eigenvalue weighted by Gasteiger charge is 2.18. The average molecular weight is 328 g/mol. The third-order valence-electron chi connectivity index (χ3n) is 2.96. The highest BCUT2D eigenvalue weighted by Crippen LogP contribution is 2.23. The van der Waals surface area contributed by atoms with Crippen molar-refractivity contribution in [2.24, 2.45) is 0 Å². The molecule has 0 saturated heterocycles. The maximum atomic E-state index is 12.0. The van der Waals surface area contributed by atoms with Gasteiger partial charge in [-0.3, -0.25) is 9.10 Å². The number of nitrogens with zero attached hydrogens (tertiary/aromatic N) is 1. The Morgan fingerprint density at radius 2 is 2.05 bits per heavy atom. The summed E-state index contributed by atoms with van der Waals surface area (Å²) in [6.07, 6.45) is 1.89. The Bertz CT molecular complexity index is 599. The molecule has 0 bridgehead atoms. The van der Waals surface area contributed by atoms with Crippen LogP contribution < -0.4 is 14.4 Å². The van der Waals surface area contributed by atoms with Gasteiger partial charge >= 0.3 is 0 Å². The van der Waals surface area contributed by atoms with Gasteiger partial charge in [-0.1, -0.05) is 6.07 Å². The minimum atomic E-state index is -3.42. The minimum Gasteiger partial charge on any atom is -0.497 e. The Labute approximate surface area is 132 Å². The van der Waals surface area contributed by atoms with Gasteiger partial charge in [0.1, 0.15) is 5.75 Å². The number of carbonyl (C=O) groups excluding carboxylic acids is 1. The maximum Gasteiger partial charge on any atom is 0.232 e. The van der Waals surface area contributed by atoms with E-state index in [2.05, 4.69) is 5.32 Å². The van der Waals surface area contributed by atoms with Crippen LogP contribution in [-0.2, 0) is 14.8 Å². The molecule has 0 aliphatic heterocycles. The normalized spacial score (nSPS) is 11.3. The molecule has 22 heavy (non-hydrogen) atoms. The SMILES string of the molecule is COc1cccc(N(CCCC(=O)NC(C)C)S(C)(=O)=O)c1. The van der Waals surface area contributed by atoms with Crippen molar-refractivity contribution >= 4 is 21.6 Å². The standard InChI is InChI=1S/C15H24N2O4S/c1-12(2)16-15(18)9-6-10-17(22(4,19)20)13-7-5-8-14(11-13)21-3/h5,7-8,11-12H,6,9-10H2,1-4H3,(H,16,18). The van der Waals surface area contributed by atoms with Crippen molar-refractivity contribution in [2.75, 3.05) is 24.2 Å². The van der Waals surface area contributed by atoms with E-state index in [0.29, 0.717) is 17.9 Å². The van der Waals surface area contributed by atoms with Gasteiger partial charge in [0.05, 0.1) is 19.1 Å². The maximum absolute atomic E-state index is 12.0. The van der Waals surface area contributed by atoms with Gasteiger partial charge < -0.3 is 10.1 Å². The molecule has 1 aromatic carbocycles. The van der Waals surface area contributed by atoms with Gasteiger partial charge in [0.25, 0.3) is 0 Å². The first kappa shape index (κ1) is 18.3. The third kappa shape index (κ3) is 5.93. The minimum absolute atomic E-state index is 0.0749. The van der Waals surface area contributed by atoms with Gasteiger partial charge in [0.15, 0.2) is 0 Å². The molecule has 0 saturated carbocycles. The Kier molecular flexibility index (Phi) is 6.67. The molecule has 1 aromatic rings. The third-order valence-corrected chi connectivity index (χ3v) is 4.15. The first-order valence-corrected chi connectivity index (χ1v) is 9.00. The Morgan fingerprint density at radius 3 is 2.59 bits per heavy atom. The average Bonchev–Trinajstić information content (AvgIpc) is 2.41. The van der Waals surface area contributed by atoms with Crippen molar-refractivity contribution in [1.82, 2.24) is 5.32 Å². The van der Waals surface area contributed by atoms with E-state index in [4.69, 9.17) is 4.74 Å². The molecule has 0 aliphatic rings. The lowest BCUT2D eigenvalue weighted by molar-refractivity contribution is -0.121. The van der Waals surface area contributed by atoms with Gasteiger partial charge in [-0.15, -0.1) is 0 Å². The summed E-state index contributed by atoms with van der Waals surface area (Å²) in [5.41, 5.74) is 0.533. The van der Waals surface area contributed by atoms with E-state index in [1.807, 2.05) is 13.8 Å². The monoisotopic (exact) mass is 328 g/mol. The van der Waals surface area contributed by atoms with Gasteiger partial charge in [0.2, 0.25) is 15.9 Å². The first-order chi connectivity index (χ1) is 10.2. The second-order valence-corrected chi connectivity index (χ2v) is 7.27. The van der Waals surface area contributed by atoms with Crippen LogP contribution >= 0.6 is 0 Å². The molecule has 0 radical (unpaired) electrons. The molecule has 1 N–H and O–H groups in total. The van der Waals surface area contributed by atoms with Gasteiger partial charge in [-0.2, -0.15) is 0 Å². The quantitative estimate of drug-likeness (QED) is 0.789. The number of ether oxygens (including phenoxy) is 1. The summed E-state index contributed by atoms with van der Waals surface area (Å²) in [5, 5.41) is 2.79. The van der Waals surface area contributed by atoms with Gasteiger partial charge in [-0.05, 0) is 32.4 Å². The zero-order valence-electron chi connectivity index (χ0n) is 13.5. The van der Waals surface area contributed by atoms with E-state index in [9.17, 15) is 13.2 Å². The molecule has 0 atom stereocenters. The van der Waals surface area contributed by atoms with Crippen molar-refractivity contribution in [2.45, 2.75) is 32.7 Å². The summed E-state index contributed by atoms with van der Waals surface area (Å²) >= 11 is 0. The number of hydrogen-bond donors (Lipinski definition) is 1. The summed E-state index contributed by atoms with van der Waals surface area (Å²) < 4.78 is 30.3. The van der Waals surface area contributed by atoms with Crippen molar-refractivity contribution in [3.8, 4) is 5.75 Å². The number of nitrogens with one attached hydrogen (secondary N) is 1. The van der Waals surface area contributed by atoms with E-state index in [1.165, 1.54) is 11.4 Å². The molecule has 124 valence electrons. The predicted molar refractivity (Wildman–Crippen MR) is 87.7 cm³/mol. The zero-order valence-corrected chi connectivity index (χ0v) is 14.3.